The fourth-order valence-electron chi connectivity index (χ4n) is 4.96. The molecule has 1 saturated carbocycles. The van der Waals surface area contributed by atoms with Crippen LogP contribution in [0.15, 0.2) is 60.7 Å². The minimum absolute atomic E-state index is 0.00370. The van der Waals surface area contributed by atoms with Gasteiger partial charge in [0.25, 0.3) is 5.91 Å². The van der Waals surface area contributed by atoms with Gasteiger partial charge >= 0.3 is 6.03 Å². The number of imide groups is 1. The number of carbonyl (C=O) groups excluding carboxylic acids is 4. The van der Waals surface area contributed by atoms with Gasteiger partial charge in [0, 0.05) is 18.2 Å². The number of hydrogen-bond acceptors (Lipinski definition) is 4. The van der Waals surface area contributed by atoms with Crippen molar-refractivity contribution in [2.75, 3.05) is 6.54 Å². The van der Waals surface area contributed by atoms with E-state index in [4.69, 9.17) is 5.73 Å². The number of rotatable bonds is 7. The van der Waals surface area contributed by atoms with E-state index >= 15 is 0 Å². The lowest BCUT2D eigenvalue weighted by molar-refractivity contribution is -0.140. The maximum absolute atomic E-state index is 13.6. The Morgan fingerprint density at radius 2 is 1.79 bits per heavy atom. The molecule has 1 unspecified atom stereocenters. The van der Waals surface area contributed by atoms with Crippen LogP contribution in [-0.4, -0.2) is 46.1 Å². The highest BCUT2D eigenvalue weighted by Crippen LogP contribution is 2.42. The van der Waals surface area contributed by atoms with Crippen molar-refractivity contribution in [3.63, 3.8) is 0 Å². The molecule has 2 aliphatic carbocycles. The third-order valence-corrected chi connectivity index (χ3v) is 7.01. The highest BCUT2D eigenvalue weighted by atomic mass is 16.2. The van der Waals surface area contributed by atoms with Crippen molar-refractivity contribution < 1.29 is 19.2 Å². The van der Waals surface area contributed by atoms with Crippen LogP contribution in [0.2, 0.25) is 0 Å². The smallest absolute Gasteiger partial charge is 0.326 e. The van der Waals surface area contributed by atoms with Crippen molar-refractivity contribution in [2.45, 2.75) is 37.9 Å². The van der Waals surface area contributed by atoms with Crippen LogP contribution in [0.1, 0.15) is 36.5 Å². The number of hydrogen-bond donors (Lipinski definition) is 2. The molecule has 2 aromatic carbocycles. The Morgan fingerprint density at radius 1 is 1.12 bits per heavy atom. The number of urea groups is 1. The third kappa shape index (κ3) is 3.55. The molecule has 5 amide bonds. The lowest BCUT2D eigenvalue weighted by Crippen LogP contribution is -2.47. The van der Waals surface area contributed by atoms with E-state index in [1.807, 2.05) is 37.3 Å². The fourth-order valence-corrected chi connectivity index (χ4v) is 4.96. The molecule has 8 heteroatoms. The zero-order chi connectivity index (χ0) is 24.0. The highest BCUT2D eigenvalue weighted by molar-refractivity contribution is 6.24. The maximum atomic E-state index is 13.6. The van der Waals surface area contributed by atoms with Gasteiger partial charge in [0.1, 0.15) is 6.54 Å². The second kappa shape index (κ2) is 8.13. The Kier molecular flexibility index (Phi) is 5.23. The van der Waals surface area contributed by atoms with Crippen LogP contribution in [0.4, 0.5) is 4.79 Å². The third-order valence-electron chi connectivity index (χ3n) is 7.01. The number of carbonyl (C=O) groups is 4. The van der Waals surface area contributed by atoms with Crippen LogP contribution >= 0.6 is 0 Å². The van der Waals surface area contributed by atoms with Gasteiger partial charge in [-0.1, -0.05) is 54.6 Å². The number of fused-ring (bicyclic) bond motifs is 2. The van der Waals surface area contributed by atoms with Crippen molar-refractivity contribution in [1.82, 2.24) is 15.1 Å². The first kappa shape index (κ1) is 21.9. The molecule has 0 bridgehead atoms. The van der Waals surface area contributed by atoms with E-state index < -0.39 is 23.4 Å². The second-order valence-corrected chi connectivity index (χ2v) is 9.18. The van der Waals surface area contributed by atoms with Gasteiger partial charge in [0.2, 0.25) is 11.8 Å². The van der Waals surface area contributed by atoms with Crippen LogP contribution < -0.4 is 11.1 Å². The quantitative estimate of drug-likeness (QED) is 0.619. The number of nitrogens with one attached hydrogen (secondary N) is 1. The van der Waals surface area contributed by atoms with Gasteiger partial charge in [0.15, 0.2) is 5.54 Å². The summed E-state index contributed by atoms with van der Waals surface area (Å²) in [4.78, 5) is 54.7. The highest BCUT2D eigenvalue weighted by Gasteiger charge is 2.56. The van der Waals surface area contributed by atoms with Gasteiger partial charge in [0.05, 0.1) is 0 Å². The predicted octanol–water partition coefficient (Wildman–Crippen LogP) is 2.14. The molecule has 34 heavy (non-hydrogen) atoms. The van der Waals surface area contributed by atoms with E-state index in [0.717, 1.165) is 23.3 Å². The first-order valence-electron chi connectivity index (χ1n) is 11.4. The molecule has 5 rings (SSSR count). The topological polar surface area (TPSA) is 113 Å². The van der Waals surface area contributed by atoms with Gasteiger partial charge < -0.3 is 16.0 Å². The minimum atomic E-state index is -1.54. The molecule has 3 N–H and O–H groups in total. The van der Waals surface area contributed by atoms with Crippen molar-refractivity contribution in [1.29, 1.82) is 0 Å². The average molecular weight is 459 g/mol. The summed E-state index contributed by atoms with van der Waals surface area (Å²) in [7, 11) is 0. The minimum Gasteiger partial charge on any atom is -0.366 e. The summed E-state index contributed by atoms with van der Waals surface area (Å²) in [5, 5.41) is 2.71. The summed E-state index contributed by atoms with van der Waals surface area (Å²) in [6.07, 6.45) is 3.52. The predicted molar refractivity (Wildman–Crippen MR) is 125 cm³/mol. The Bertz CT molecular complexity index is 1220. The number of nitrogens with zero attached hydrogens (tertiary/aromatic N) is 2. The molecule has 1 spiro atoms. The normalized spacial score (nSPS) is 21.8. The molecule has 3 aliphatic rings. The number of primary amides is 1. The number of benzene rings is 2. The zero-order valence-corrected chi connectivity index (χ0v) is 18.9. The lowest BCUT2D eigenvalue weighted by Gasteiger charge is -2.31. The Labute approximate surface area is 197 Å². The summed E-state index contributed by atoms with van der Waals surface area (Å²) in [5.41, 5.74) is 6.13. The van der Waals surface area contributed by atoms with E-state index in [1.54, 1.807) is 29.2 Å². The second-order valence-electron chi connectivity index (χ2n) is 9.18. The molecule has 2 fully saturated rings. The van der Waals surface area contributed by atoms with Crippen LogP contribution in [0.5, 0.6) is 0 Å². The summed E-state index contributed by atoms with van der Waals surface area (Å²) >= 11 is 0. The zero-order valence-electron chi connectivity index (χ0n) is 18.9. The van der Waals surface area contributed by atoms with Gasteiger partial charge in [-0.25, -0.2) is 4.79 Å². The summed E-state index contributed by atoms with van der Waals surface area (Å²) in [5.74, 6) is -1.15. The van der Waals surface area contributed by atoms with E-state index in [2.05, 4.69) is 5.32 Å². The Hall–Kier alpha value is -3.94. The monoisotopic (exact) mass is 458 g/mol. The maximum Gasteiger partial charge on any atom is 0.326 e. The standard InChI is InChI=1S/C26H26N4O4/c1-16(18-11-12-18)29(14-17-7-3-2-4-8-17)22(31)15-30-24(33)26(28-25(30)34)13-20(23(27)32)19-9-5-6-10-21(19)26/h2-10,13,16,18H,11-12,14-15H2,1H3,(H2,27,32)(H,28,34)/t16-,26?/m0/s1. The van der Waals surface area contributed by atoms with E-state index in [-0.39, 0.29) is 24.1 Å². The Morgan fingerprint density at radius 3 is 2.47 bits per heavy atom. The SMILES string of the molecule is C[C@@H](C1CC1)N(Cc1ccccc1)C(=O)CN1C(=O)NC2(C=C(C(N)=O)c3ccccc32)C1=O. The first-order valence-corrected chi connectivity index (χ1v) is 11.4. The van der Waals surface area contributed by atoms with Crippen LogP contribution in [0.25, 0.3) is 5.57 Å². The Balaban J connectivity index is 1.42. The van der Waals surface area contributed by atoms with E-state index in [0.29, 0.717) is 23.6 Å². The van der Waals surface area contributed by atoms with Crippen molar-refractivity contribution in [2.24, 2.45) is 11.7 Å². The molecule has 0 aromatic heterocycles. The fraction of sp³-hybridized carbons (Fsp3) is 0.308. The first-order chi connectivity index (χ1) is 16.3. The van der Waals surface area contributed by atoms with Gasteiger partial charge in [-0.05, 0) is 48.4 Å². The molecule has 0 radical (unpaired) electrons. The van der Waals surface area contributed by atoms with Crippen LogP contribution in [-0.2, 0) is 26.5 Å². The van der Waals surface area contributed by atoms with Gasteiger partial charge in [-0.15, -0.1) is 0 Å². The molecular weight excluding hydrogens is 432 g/mol. The van der Waals surface area contributed by atoms with Crippen LogP contribution in [0, 0.1) is 5.92 Å². The molecule has 8 nitrogen and oxygen atoms in total. The molecule has 1 heterocycles. The molecule has 1 aliphatic heterocycles. The van der Waals surface area contributed by atoms with Crippen molar-refractivity contribution in [3.8, 4) is 0 Å². The molecule has 2 aromatic rings. The molecule has 2 atom stereocenters. The number of nitrogens with two attached hydrogens (primary N) is 1. The molecule has 1 saturated heterocycles. The van der Waals surface area contributed by atoms with Crippen molar-refractivity contribution in [3.05, 3.63) is 77.4 Å². The van der Waals surface area contributed by atoms with Crippen molar-refractivity contribution >= 4 is 29.3 Å². The molecule has 174 valence electrons. The average Bonchev–Trinajstić information content (AvgIpc) is 3.59. The van der Waals surface area contributed by atoms with Gasteiger partial charge in [-0.3, -0.25) is 19.3 Å². The number of amides is 5. The van der Waals surface area contributed by atoms with Crippen LogP contribution in [0.3, 0.4) is 0 Å². The van der Waals surface area contributed by atoms with E-state index in [1.165, 1.54) is 6.08 Å². The molecular formula is C26H26N4O4. The van der Waals surface area contributed by atoms with Gasteiger partial charge in [-0.2, -0.15) is 0 Å². The summed E-state index contributed by atoms with van der Waals surface area (Å²) in [6, 6.07) is 15.8. The van der Waals surface area contributed by atoms with E-state index in [9.17, 15) is 19.2 Å². The lowest BCUT2D eigenvalue weighted by atomic mass is 9.92. The largest absolute Gasteiger partial charge is 0.366 e. The summed E-state index contributed by atoms with van der Waals surface area (Å²) in [6.45, 7) is 2.04. The summed E-state index contributed by atoms with van der Waals surface area (Å²) < 4.78 is 0.